The average Bonchev–Trinajstić information content (AvgIpc) is 2.27. The van der Waals surface area contributed by atoms with Crippen LogP contribution in [0.1, 0.15) is 19.4 Å². The molecule has 0 atom stereocenters. The van der Waals surface area contributed by atoms with Crippen molar-refractivity contribution < 1.29 is 9.90 Å². The van der Waals surface area contributed by atoms with Crippen LogP contribution in [-0.2, 0) is 11.3 Å². The second-order valence-electron chi connectivity index (χ2n) is 3.75. The minimum Gasteiger partial charge on any atom is -0.387 e. The zero-order valence-electron chi connectivity index (χ0n) is 9.56. The molecule has 1 amide bonds. The molecule has 0 aliphatic rings. The lowest BCUT2D eigenvalue weighted by atomic mass is 10.2. The van der Waals surface area contributed by atoms with E-state index in [0.717, 1.165) is 5.56 Å². The first-order chi connectivity index (χ1) is 7.61. The number of aliphatic hydroxyl groups is 1. The lowest BCUT2D eigenvalue weighted by molar-refractivity contribution is -0.123. The maximum Gasteiger partial charge on any atom is 0.245 e. The Bertz CT molecular complexity index is 335. The van der Waals surface area contributed by atoms with Crippen LogP contribution in [0.4, 0.5) is 0 Å². The van der Waals surface area contributed by atoms with E-state index >= 15 is 0 Å². The van der Waals surface area contributed by atoms with Crippen molar-refractivity contribution >= 4 is 17.7 Å². The van der Waals surface area contributed by atoms with E-state index in [1.807, 2.05) is 36.0 Å². The number of benzene rings is 1. The van der Waals surface area contributed by atoms with Gasteiger partial charge in [-0.25, -0.2) is 0 Å². The third-order valence-corrected chi connectivity index (χ3v) is 2.94. The fourth-order valence-electron chi connectivity index (χ4n) is 1.21. The molecule has 0 spiro atoms. The summed E-state index contributed by atoms with van der Waals surface area (Å²) in [6.45, 7) is 4.31. The average molecular weight is 239 g/mol. The van der Waals surface area contributed by atoms with Crippen LogP contribution in [-0.4, -0.2) is 22.9 Å². The Morgan fingerprint density at radius 2 is 2.00 bits per heavy atom. The van der Waals surface area contributed by atoms with Crippen molar-refractivity contribution in [2.24, 2.45) is 0 Å². The molecule has 0 aliphatic carbocycles. The third-order valence-electron chi connectivity index (χ3n) is 1.93. The number of amides is 1. The first-order valence-corrected chi connectivity index (χ1v) is 6.13. The maximum absolute atomic E-state index is 10.8. The molecule has 0 aromatic heterocycles. The van der Waals surface area contributed by atoms with Crippen LogP contribution < -0.4 is 5.32 Å². The molecule has 0 saturated carbocycles. The first kappa shape index (κ1) is 13.1. The zero-order chi connectivity index (χ0) is 12.0. The van der Waals surface area contributed by atoms with Gasteiger partial charge in [0.25, 0.3) is 0 Å². The van der Waals surface area contributed by atoms with E-state index in [4.69, 9.17) is 5.11 Å². The highest BCUT2D eigenvalue weighted by Gasteiger charge is 2.00. The molecule has 0 radical (unpaired) electrons. The molecule has 1 aromatic rings. The Morgan fingerprint density at radius 1 is 1.38 bits per heavy atom. The Kier molecular flexibility index (Phi) is 5.35. The number of hydrogen-bond acceptors (Lipinski definition) is 3. The first-order valence-electron chi connectivity index (χ1n) is 5.25. The van der Waals surface area contributed by atoms with Crippen LogP contribution in [0.25, 0.3) is 0 Å². The fraction of sp³-hybridized carbons (Fsp3) is 0.417. The van der Waals surface area contributed by atoms with Crippen LogP contribution >= 0.6 is 11.8 Å². The third kappa shape index (κ3) is 4.68. The topological polar surface area (TPSA) is 49.3 Å². The second-order valence-corrected chi connectivity index (χ2v) is 5.40. The van der Waals surface area contributed by atoms with Crippen molar-refractivity contribution in [1.29, 1.82) is 0 Å². The van der Waals surface area contributed by atoms with Crippen LogP contribution in [0.15, 0.2) is 29.2 Å². The van der Waals surface area contributed by atoms with Gasteiger partial charge in [0, 0.05) is 16.7 Å². The van der Waals surface area contributed by atoms with Crippen molar-refractivity contribution in [3.8, 4) is 0 Å². The monoisotopic (exact) mass is 239 g/mol. The molecule has 16 heavy (non-hydrogen) atoms. The van der Waals surface area contributed by atoms with Gasteiger partial charge in [0.05, 0.1) is 0 Å². The minimum absolute atomic E-state index is 0.347. The highest BCUT2D eigenvalue weighted by atomic mass is 32.2. The standard InChI is InChI=1S/C12H17NO2S/c1-9(2)16-11-5-3-10(4-6-11)7-13-12(15)8-14/h3-6,9,14H,7-8H2,1-2H3,(H,13,15). The van der Waals surface area contributed by atoms with Gasteiger partial charge < -0.3 is 10.4 Å². The van der Waals surface area contributed by atoms with E-state index in [-0.39, 0.29) is 5.91 Å². The van der Waals surface area contributed by atoms with E-state index < -0.39 is 6.61 Å². The summed E-state index contributed by atoms with van der Waals surface area (Å²) in [4.78, 5) is 12.1. The van der Waals surface area contributed by atoms with Crippen molar-refractivity contribution in [1.82, 2.24) is 5.32 Å². The van der Waals surface area contributed by atoms with Crippen molar-refractivity contribution in [2.45, 2.75) is 30.5 Å². The van der Waals surface area contributed by atoms with Crippen LogP contribution in [0, 0.1) is 0 Å². The number of hydrogen-bond donors (Lipinski definition) is 2. The molecule has 0 unspecified atom stereocenters. The summed E-state index contributed by atoms with van der Waals surface area (Å²) >= 11 is 1.81. The zero-order valence-corrected chi connectivity index (χ0v) is 10.4. The predicted molar refractivity (Wildman–Crippen MR) is 66.4 cm³/mol. The van der Waals surface area contributed by atoms with E-state index in [9.17, 15) is 4.79 Å². The van der Waals surface area contributed by atoms with Crippen LogP contribution in [0.3, 0.4) is 0 Å². The predicted octanol–water partition coefficient (Wildman–Crippen LogP) is 1.80. The van der Waals surface area contributed by atoms with E-state index in [2.05, 4.69) is 19.2 Å². The molecule has 4 heteroatoms. The molecule has 3 nitrogen and oxygen atoms in total. The second kappa shape index (κ2) is 6.55. The van der Waals surface area contributed by atoms with Gasteiger partial charge in [0.1, 0.15) is 6.61 Å². The van der Waals surface area contributed by atoms with Crippen LogP contribution in [0.5, 0.6) is 0 Å². The molecular weight excluding hydrogens is 222 g/mol. The number of rotatable bonds is 5. The lowest BCUT2D eigenvalue weighted by Crippen LogP contribution is -2.25. The Morgan fingerprint density at radius 3 is 2.50 bits per heavy atom. The molecule has 1 aromatic carbocycles. The molecule has 0 heterocycles. The summed E-state index contributed by atoms with van der Waals surface area (Å²) in [7, 11) is 0. The van der Waals surface area contributed by atoms with Gasteiger partial charge in [-0.1, -0.05) is 26.0 Å². The quantitative estimate of drug-likeness (QED) is 0.770. The van der Waals surface area contributed by atoms with Gasteiger partial charge in [-0.05, 0) is 17.7 Å². The number of carbonyl (C=O) groups excluding carboxylic acids is 1. The largest absolute Gasteiger partial charge is 0.387 e. The number of carbonyl (C=O) groups is 1. The van der Waals surface area contributed by atoms with E-state index in [1.54, 1.807) is 0 Å². The van der Waals surface area contributed by atoms with E-state index in [1.165, 1.54) is 4.90 Å². The summed E-state index contributed by atoms with van der Waals surface area (Å²) in [5.74, 6) is -0.347. The summed E-state index contributed by atoms with van der Waals surface area (Å²) < 4.78 is 0. The Labute approximate surface area is 100 Å². The van der Waals surface area contributed by atoms with Gasteiger partial charge in [-0.15, -0.1) is 11.8 Å². The molecule has 1 rings (SSSR count). The van der Waals surface area contributed by atoms with Crippen LogP contribution in [0.2, 0.25) is 0 Å². The van der Waals surface area contributed by atoms with Gasteiger partial charge >= 0.3 is 0 Å². The SMILES string of the molecule is CC(C)Sc1ccc(CNC(=O)CO)cc1. The molecular formula is C12H17NO2S. The lowest BCUT2D eigenvalue weighted by Gasteiger charge is -2.07. The van der Waals surface area contributed by atoms with Crippen molar-refractivity contribution in [3.63, 3.8) is 0 Å². The minimum atomic E-state index is -0.457. The number of aliphatic hydroxyl groups excluding tert-OH is 1. The Balaban J connectivity index is 2.48. The highest BCUT2D eigenvalue weighted by Crippen LogP contribution is 2.22. The Hall–Kier alpha value is -1.00. The molecule has 0 bridgehead atoms. The van der Waals surface area contributed by atoms with Gasteiger partial charge in [-0.3, -0.25) is 4.79 Å². The number of nitrogens with one attached hydrogen (secondary N) is 1. The van der Waals surface area contributed by atoms with Gasteiger partial charge in [-0.2, -0.15) is 0 Å². The van der Waals surface area contributed by atoms with E-state index in [0.29, 0.717) is 11.8 Å². The summed E-state index contributed by atoms with van der Waals surface area (Å²) in [5.41, 5.74) is 1.04. The summed E-state index contributed by atoms with van der Waals surface area (Å²) in [5, 5.41) is 11.7. The molecule has 88 valence electrons. The molecule has 0 fully saturated rings. The van der Waals surface area contributed by atoms with Gasteiger partial charge in [0.15, 0.2) is 0 Å². The summed E-state index contributed by atoms with van der Waals surface area (Å²) in [6.07, 6.45) is 0. The van der Waals surface area contributed by atoms with Crippen molar-refractivity contribution in [2.75, 3.05) is 6.61 Å². The summed E-state index contributed by atoms with van der Waals surface area (Å²) in [6, 6.07) is 8.07. The molecule has 0 saturated heterocycles. The highest BCUT2D eigenvalue weighted by molar-refractivity contribution is 7.99. The number of thioether (sulfide) groups is 1. The smallest absolute Gasteiger partial charge is 0.245 e. The normalized spacial score (nSPS) is 10.5. The maximum atomic E-state index is 10.8. The van der Waals surface area contributed by atoms with Gasteiger partial charge in [0.2, 0.25) is 5.91 Å². The molecule has 0 aliphatic heterocycles. The fourth-order valence-corrected chi connectivity index (χ4v) is 2.05. The molecule has 2 N–H and O–H groups in total. The van der Waals surface area contributed by atoms with Crippen molar-refractivity contribution in [3.05, 3.63) is 29.8 Å².